The van der Waals surface area contributed by atoms with Crippen molar-refractivity contribution in [3.8, 4) is 5.75 Å². The predicted octanol–water partition coefficient (Wildman–Crippen LogP) is 7.30. The average Bonchev–Trinajstić information content (AvgIpc) is 3.17. The Morgan fingerprint density at radius 3 is 2.00 bits per heavy atom. The second-order valence-electron chi connectivity index (χ2n) is 14.0. The highest BCUT2D eigenvalue weighted by Gasteiger charge is 2.28. The third kappa shape index (κ3) is 14.1. The maximum atomic E-state index is 13.7. The van der Waals surface area contributed by atoms with Gasteiger partial charge in [0.15, 0.2) is 0 Å². The number of hydrogen-bond donors (Lipinski definition) is 3. The highest BCUT2D eigenvalue weighted by molar-refractivity contribution is 5.86. The summed E-state index contributed by atoms with van der Waals surface area (Å²) < 4.78 is 11.8. The molecule has 52 heavy (non-hydrogen) atoms. The lowest BCUT2D eigenvalue weighted by Crippen LogP contribution is -2.45. The summed E-state index contributed by atoms with van der Waals surface area (Å²) in [5.74, 6) is -0.767. The Morgan fingerprint density at radius 2 is 1.37 bits per heavy atom. The lowest BCUT2D eigenvalue weighted by Gasteiger charge is -2.28. The highest BCUT2D eigenvalue weighted by Crippen LogP contribution is 2.28. The number of carbonyl (C=O) groups is 3. The Balaban J connectivity index is 1.32. The second kappa shape index (κ2) is 22.3. The van der Waals surface area contributed by atoms with Gasteiger partial charge in [-0.3, -0.25) is 14.4 Å². The molecule has 1 aliphatic rings. The Labute approximate surface area is 309 Å². The number of benzene rings is 3. The monoisotopic (exact) mass is 708 g/mol. The average molecular weight is 709 g/mol. The van der Waals surface area contributed by atoms with Crippen LogP contribution in [0.3, 0.4) is 0 Å². The first-order valence-corrected chi connectivity index (χ1v) is 18.7. The number of aliphatic hydroxyl groups excluding tert-OH is 1. The van der Waals surface area contributed by atoms with Crippen molar-refractivity contribution >= 4 is 17.8 Å². The Kier molecular flexibility index (Phi) is 17.2. The fourth-order valence-electron chi connectivity index (χ4n) is 6.88. The number of nitrogens with one attached hydrogen (secondary N) is 2. The molecule has 8 nitrogen and oxygen atoms in total. The van der Waals surface area contributed by atoms with E-state index in [-0.39, 0.29) is 49.4 Å². The van der Waals surface area contributed by atoms with Crippen molar-refractivity contribution in [3.63, 3.8) is 0 Å². The second-order valence-corrected chi connectivity index (χ2v) is 14.0. The Bertz CT molecular complexity index is 1520. The molecular weight excluding hydrogens is 652 g/mol. The third-order valence-electron chi connectivity index (χ3n) is 9.72. The molecule has 4 rings (SSSR count). The van der Waals surface area contributed by atoms with Gasteiger partial charge in [0, 0.05) is 6.42 Å². The lowest BCUT2D eigenvalue weighted by atomic mass is 9.84. The Hall–Kier alpha value is -4.69. The summed E-state index contributed by atoms with van der Waals surface area (Å²) in [6.45, 7) is 7.95. The van der Waals surface area contributed by atoms with Crippen molar-refractivity contribution in [2.75, 3.05) is 13.2 Å². The van der Waals surface area contributed by atoms with E-state index in [1.54, 1.807) is 12.2 Å². The van der Waals surface area contributed by atoms with Crippen LogP contribution in [-0.2, 0) is 38.6 Å². The van der Waals surface area contributed by atoms with Crippen LogP contribution in [0.25, 0.3) is 0 Å². The standard InChI is InChI=1S/C44H56N2O6/c1-3-14-37(29-42(48)45-39(30-47)27-35-22-24-41(25-23-35)51-31-36-20-12-7-13-21-36)43(49)46-40(28-34-18-10-6-11-19-34)32-52-44(50)38(15-4-2)26-33-16-8-5-9-17-33/h3-5,7-9,12-13,16-17,20-25,34,37-40,47H,1-2,6,10-11,14-15,18-19,26-32H2,(H,45,48)(H,46,49). The van der Waals surface area contributed by atoms with Crippen LogP contribution in [0.5, 0.6) is 5.75 Å². The van der Waals surface area contributed by atoms with E-state index in [2.05, 4.69) is 23.8 Å². The minimum absolute atomic E-state index is 0.0605. The van der Waals surface area contributed by atoms with E-state index in [4.69, 9.17) is 9.47 Å². The van der Waals surface area contributed by atoms with Gasteiger partial charge in [0.05, 0.1) is 30.5 Å². The van der Waals surface area contributed by atoms with Gasteiger partial charge in [-0.1, -0.05) is 117 Å². The molecule has 0 radical (unpaired) electrons. The van der Waals surface area contributed by atoms with Crippen molar-refractivity contribution in [1.82, 2.24) is 10.6 Å². The van der Waals surface area contributed by atoms with Gasteiger partial charge in [-0.15, -0.1) is 13.2 Å². The molecule has 3 N–H and O–H groups in total. The quantitative estimate of drug-likeness (QED) is 0.0746. The van der Waals surface area contributed by atoms with Crippen LogP contribution in [0, 0.1) is 17.8 Å². The number of esters is 1. The molecular formula is C44H56N2O6. The van der Waals surface area contributed by atoms with Gasteiger partial charge in [0.25, 0.3) is 0 Å². The molecule has 0 bridgehead atoms. The molecule has 0 aliphatic heterocycles. The number of amides is 2. The van der Waals surface area contributed by atoms with Crippen LogP contribution >= 0.6 is 0 Å². The van der Waals surface area contributed by atoms with Gasteiger partial charge in [0.2, 0.25) is 11.8 Å². The van der Waals surface area contributed by atoms with Crippen LogP contribution in [-0.4, -0.2) is 48.2 Å². The van der Waals surface area contributed by atoms with Gasteiger partial charge < -0.3 is 25.2 Å². The smallest absolute Gasteiger partial charge is 0.309 e. The summed E-state index contributed by atoms with van der Waals surface area (Å²) in [6.07, 6.45) is 11.5. The zero-order valence-electron chi connectivity index (χ0n) is 30.4. The van der Waals surface area contributed by atoms with E-state index in [1.807, 2.05) is 84.9 Å². The summed E-state index contributed by atoms with van der Waals surface area (Å²) >= 11 is 0. The van der Waals surface area contributed by atoms with Gasteiger partial charge in [-0.2, -0.15) is 0 Å². The fourth-order valence-corrected chi connectivity index (χ4v) is 6.88. The fraction of sp³-hybridized carbons (Fsp3) is 0.432. The molecule has 0 aromatic heterocycles. The minimum Gasteiger partial charge on any atom is -0.489 e. The zero-order chi connectivity index (χ0) is 37.0. The van der Waals surface area contributed by atoms with Crippen LogP contribution in [0.15, 0.2) is 110 Å². The number of aliphatic hydroxyl groups is 1. The van der Waals surface area contributed by atoms with E-state index in [0.717, 1.165) is 48.1 Å². The molecule has 8 heteroatoms. The van der Waals surface area contributed by atoms with Gasteiger partial charge in [-0.25, -0.2) is 0 Å². The van der Waals surface area contributed by atoms with Crippen LogP contribution in [0.4, 0.5) is 0 Å². The number of hydrogen-bond acceptors (Lipinski definition) is 6. The molecule has 3 aromatic carbocycles. The van der Waals surface area contributed by atoms with Crippen molar-refractivity contribution in [1.29, 1.82) is 0 Å². The summed E-state index contributed by atoms with van der Waals surface area (Å²) in [7, 11) is 0. The maximum Gasteiger partial charge on any atom is 0.309 e. The SMILES string of the molecule is C=CCC(CC(=O)NC(CO)Cc1ccc(OCc2ccccc2)cc1)C(=O)NC(COC(=O)C(CC=C)Cc1ccccc1)CC1CCCCC1. The summed E-state index contributed by atoms with van der Waals surface area (Å²) in [6, 6.07) is 26.5. The molecule has 0 heterocycles. The van der Waals surface area contributed by atoms with Crippen LogP contribution in [0.2, 0.25) is 0 Å². The van der Waals surface area contributed by atoms with E-state index < -0.39 is 12.0 Å². The molecule has 4 atom stereocenters. The summed E-state index contributed by atoms with van der Waals surface area (Å²) in [4.78, 5) is 40.2. The molecule has 1 aliphatic carbocycles. The largest absolute Gasteiger partial charge is 0.489 e. The number of allylic oxidation sites excluding steroid dienone is 2. The van der Waals surface area contributed by atoms with Gasteiger partial charge in [-0.05, 0) is 66.8 Å². The summed E-state index contributed by atoms with van der Waals surface area (Å²) in [5.41, 5.74) is 3.06. The van der Waals surface area contributed by atoms with Crippen LogP contribution < -0.4 is 15.4 Å². The normalized spacial score (nSPS) is 15.3. The molecule has 3 aromatic rings. The van der Waals surface area contributed by atoms with E-state index >= 15 is 0 Å². The van der Waals surface area contributed by atoms with Crippen molar-refractivity contribution in [2.45, 2.75) is 89.3 Å². The first-order valence-electron chi connectivity index (χ1n) is 18.7. The molecule has 2 amide bonds. The van der Waals surface area contributed by atoms with Crippen LogP contribution in [0.1, 0.15) is 74.5 Å². The molecule has 4 unspecified atom stereocenters. The maximum absolute atomic E-state index is 13.7. The van der Waals surface area contributed by atoms with Crippen molar-refractivity contribution < 1.29 is 29.0 Å². The Morgan fingerprint density at radius 1 is 0.750 bits per heavy atom. The molecule has 0 spiro atoms. The number of rotatable bonds is 22. The topological polar surface area (TPSA) is 114 Å². The highest BCUT2D eigenvalue weighted by atomic mass is 16.5. The number of ether oxygens (including phenoxy) is 2. The zero-order valence-corrected chi connectivity index (χ0v) is 30.4. The van der Waals surface area contributed by atoms with E-state index in [1.165, 1.54) is 6.42 Å². The van der Waals surface area contributed by atoms with Crippen molar-refractivity contribution in [2.24, 2.45) is 17.8 Å². The number of carbonyl (C=O) groups excluding carboxylic acids is 3. The first-order chi connectivity index (χ1) is 25.4. The first kappa shape index (κ1) is 40.1. The summed E-state index contributed by atoms with van der Waals surface area (Å²) in [5, 5.41) is 16.1. The molecule has 0 saturated heterocycles. The third-order valence-corrected chi connectivity index (χ3v) is 9.72. The van der Waals surface area contributed by atoms with E-state index in [0.29, 0.717) is 44.6 Å². The molecule has 1 saturated carbocycles. The van der Waals surface area contributed by atoms with Crippen molar-refractivity contribution in [3.05, 3.63) is 127 Å². The van der Waals surface area contributed by atoms with Gasteiger partial charge in [0.1, 0.15) is 19.0 Å². The predicted molar refractivity (Wildman–Crippen MR) is 205 cm³/mol. The lowest BCUT2D eigenvalue weighted by molar-refractivity contribution is -0.150. The van der Waals surface area contributed by atoms with Gasteiger partial charge >= 0.3 is 5.97 Å². The molecule has 1 fully saturated rings. The van der Waals surface area contributed by atoms with E-state index in [9.17, 15) is 19.5 Å². The molecule has 278 valence electrons. The minimum atomic E-state index is -0.658.